The summed E-state index contributed by atoms with van der Waals surface area (Å²) in [6.45, 7) is 2.58. The van der Waals surface area contributed by atoms with Crippen molar-refractivity contribution in [1.29, 1.82) is 0 Å². The summed E-state index contributed by atoms with van der Waals surface area (Å²) in [7, 11) is -3.30. The Morgan fingerprint density at radius 3 is 2.61 bits per heavy atom. The lowest BCUT2D eigenvalue weighted by molar-refractivity contribution is -0.149. The molecule has 10 nitrogen and oxygen atoms in total. The Labute approximate surface area is 162 Å². The Hall–Kier alpha value is -2.82. The van der Waals surface area contributed by atoms with Crippen molar-refractivity contribution in [2.45, 2.75) is 31.3 Å². The monoisotopic (exact) mass is 407 g/mol. The van der Waals surface area contributed by atoms with E-state index in [1.807, 2.05) is 0 Å². The summed E-state index contributed by atoms with van der Waals surface area (Å²) in [6, 6.07) is 6.06. The molecule has 0 radical (unpaired) electrons. The lowest BCUT2D eigenvalue weighted by Gasteiger charge is -2.15. The van der Waals surface area contributed by atoms with Crippen LogP contribution >= 0.6 is 0 Å². The third-order valence-corrected chi connectivity index (χ3v) is 5.69. The number of nitrogens with zero attached hydrogens (tertiary/aromatic N) is 5. The first kappa shape index (κ1) is 19.9. The first-order chi connectivity index (χ1) is 13.3. The van der Waals surface area contributed by atoms with E-state index in [4.69, 9.17) is 4.74 Å². The summed E-state index contributed by atoms with van der Waals surface area (Å²) < 4.78 is 29.8. The van der Waals surface area contributed by atoms with Crippen molar-refractivity contribution in [1.82, 2.24) is 25.1 Å². The fraction of sp³-hybridized carbons (Fsp3) is 0.471. The number of carbonyl (C=O) groups is 2. The van der Waals surface area contributed by atoms with Gasteiger partial charge in [-0.05, 0) is 41.1 Å². The average Bonchev–Trinajstić information content (AvgIpc) is 3.34. The maximum atomic E-state index is 12.3. The van der Waals surface area contributed by atoms with E-state index in [-0.39, 0.29) is 23.3 Å². The third-order valence-electron chi connectivity index (χ3n) is 4.56. The number of rotatable bonds is 6. The van der Waals surface area contributed by atoms with Crippen molar-refractivity contribution in [3.05, 3.63) is 30.1 Å². The lowest BCUT2D eigenvalue weighted by atomic mass is 10.1. The van der Waals surface area contributed by atoms with Crippen LogP contribution < -0.4 is 0 Å². The third kappa shape index (κ3) is 4.35. The highest BCUT2D eigenvalue weighted by molar-refractivity contribution is 7.90. The predicted molar refractivity (Wildman–Crippen MR) is 97.0 cm³/mol. The highest BCUT2D eigenvalue weighted by atomic mass is 32.2. The molecule has 2 heterocycles. The van der Waals surface area contributed by atoms with Gasteiger partial charge >= 0.3 is 5.97 Å². The zero-order valence-electron chi connectivity index (χ0n) is 15.6. The number of likely N-dealkylation sites (tertiary alicyclic amines) is 1. The van der Waals surface area contributed by atoms with Crippen LogP contribution in [-0.4, -0.2) is 64.7 Å². The molecule has 2 aromatic rings. The maximum Gasteiger partial charge on any atom is 0.311 e. The molecule has 150 valence electrons. The van der Waals surface area contributed by atoms with Gasteiger partial charge in [0, 0.05) is 25.8 Å². The Morgan fingerprint density at radius 2 is 1.96 bits per heavy atom. The molecule has 1 aromatic heterocycles. The van der Waals surface area contributed by atoms with Crippen LogP contribution in [0.3, 0.4) is 0 Å². The van der Waals surface area contributed by atoms with E-state index in [9.17, 15) is 18.0 Å². The largest absolute Gasteiger partial charge is 0.457 e. The molecule has 3 rings (SSSR count). The van der Waals surface area contributed by atoms with Gasteiger partial charge in [0.2, 0.25) is 5.91 Å². The van der Waals surface area contributed by atoms with Gasteiger partial charge in [-0.2, -0.15) is 4.68 Å². The molecule has 0 N–H and O–H groups in total. The van der Waals surface area contributed by atoms with Crippen LogP contribution in [0.25, 0.3) is 5.69 Å². The van der Waals surface area contributed by atoms with Gasteiger partial charge in [0.15, 0.2) is 22.3 Å². The summed E-state index contributed by atoms with van der Waals surface area (Å²) in [5.41, 5.74) is 0.545. The second-order valence-electron chi connectivity index (χ2n) is 6.56. The highest BCUT2D eigenvalue weighted by Gasteiger charge is 2.31. The second kappa shape index (κ2) is 8.05. The van der Waals surface area contributed by atoms with Gasteiger partial charge in [-0.1, -0.05) is 6.92 Å². The molecule has 1 saturated heterocycles. The molecule has 1 fully saturated rings. The van der Waals surface area contributed by atoms with Gasteiger partial charge in [-0.25, -0.2) is 8.42 Å². The number of benzene rings is 1. The SMILES string of the molecule is CCC(=O)N1CC[C@H](C(=O)OCc2nnnn2-c2ccc(S(C)(=O)=O)cc2)C1. The Kier molecular flexibility index (Phi) is 5.73. The second-order valence-corrected chi connectivity index (χ2v) is 8.58. The van der Waals surface area contributed by atoms with Crippen LogP contribution in [0.4, 0.5) is 0 Å². The molecule has 1 aliphatic rings. The smallest absolute Gasteiger partial charge is 0.311 e. The van der Waals surface area contributed by atoms with Crippen LogP contribution in [0.1, 0.15) is 25.6 Å². The topological polar surface area (TPSA) is 124 Å². The quantitative estimate of drug-likeness (QED) is 0.629. The minimum Gasteiger partial charge on any atom is -0.457 e. The van der Waals surface area contributed by atoms with Crippen molar-refractivity contribution in [2.75, 3.05) is 19.3 Å². The first-order valence-electron chi connectivity index (χ1n) is 8.81. The molecule has 11 heteroatoms. The number of sulfone groups is 1. The van der Waals surface area contributed by atoms with E-state index in [2.05, 4.69) is 15.5 Å². The van der Waals surface area contributed by atoms with Crippen LogP contribution in [0.5, 0.6) is 0 Å². The van der Waals surface area contributed by atoms with Crippen molar-refractivity contribution >= 4 is 21.7 Å². The number of carbonyl (C=O) groups excluding carboxylic acids is 2. The Morgan fingerprint density at radius 1 is 1.25 bits per heavy atom. The van der Waals surface area contributed by atoms with E-state index < -0.39 is 15.8 Å². The number of amides is 1. The first-order valence-corrected chi connectivity index (χ1v) is 10.7. The molecule has 0 bridgehead atoms. The highest BCUT2D eigenvalue weighted by Crippen LogP contribution is 2.19. The number of hydrogen-bond acceptors (Lipinski definition) is 8. The molecule has 28 heavy (non-hydrogen) atoms. The van der Waals surface area contributed by atoms with E-state index >= 15 is 0 Å². The molecule has 1 aromatic carbocycles. The van der Waals surface area contributed by atoms with Gasteiger partial charge in [0.1, 0.15) is 0 Å². The number of ether oxygens (including phenoxy) is 1. The molecule has 0 saturated carbocycles. The Balaban J connectivity index is 1.63. The molecular weight excluding hydrogens is 386 g/mol. The molecule has 1 amide bonds. The Bertz CT molecular complexity index is 970. The molecule has 1 aliphatic heterocycles. The van der Waals surface area contributed by atoms with Crippen molar-refractivity contribution in [3.8, 4) is 5.69 Å². The lowest BCUT2D eigenvalue weighted by Crippen LogP contribution is -2.29. The number of hydrogen-bond donors (Lipinski definition) is 0. The van der Waals surface area contributed by atoms with Gasteiger partial charge in [0.05, 0.1) is 16.5 Å². The predicted octanol–water partition coefficient (Wildman–Crippen LogP) is 0.368. The molecular formula is C17H21N5O5S. The average molecular weight is 407 g/mol. The number of aromatic nitrogens is 4. The fourth-order valence-electron chi connectivity index (χ4n) is 2.99. The minimum atomic E-state index is -3.30. The minimum absolute atomic E-state index is 0.0248. The molecule has 0 unspecified atom stereocenters. The van der Waals surface area contributed by atoms with Crippen molar-refractivity contribution in [3.63, 3.8) is 0 Å². The normalized spacial score (nSPS) is 16.9. The van der Waals surface area contributed by atoms with Gasteiger partial charge in [0.25, 0.3) is 0 Å². The van der Waals surface area contributed by atoms with Crippen LogP contribution in [0, 0.1) is 5.92 Å². The zero-order valence-corrected chi connectivity index (χ0v) is 16.4. The molecule has 0 aliphatic carbocycles. The number of tetrazole rings is 1. The summed E-state index contributed by atoms with van der Waals surface area (Å²) >= 11 is 0. The maximum absolute atomic E-state index is 12.3. The van der Waals surface area contributed by atoms with Crippen LogP contribution in [0.15, 0.2) is 29.2 Å². The molecule has 0 spiro atoms. The van der Waals surface area contributed by atoms with Gasteiger partial charge in [-0.3, -0.25) is 9.59 Å². The summed E-state index contributed by atoms with van der Waals surface area (Å²) in [4.78, 5) is 25.9. The zero-order chi connectivity index (χ0) is 20.3. The van der Waals surface area contributed by atoms with Gasteiger partial charge < -0.3 is 9.64 Å². The van der Waals surface area contributed by atoms with E-state index in [1.165, 1.54) is 16.8 Å². The van der Waals surface area contributed by atoms with E-state index in [1.54, 1.807) is 24.0 Å². The van der Waals surface area contributed by atoms with E-state index in [0.29, 0.717) is 37.4 Å². The standard InChI is InChI=1S/C17H21N5O5S/c1-3-16(23)21-9-8-12(10-21)17(24)27-11-15-18-19-20-22(15)13-4-6-14(7-5-13)28(2,25)26/h4-7,12H,3,8-11H2,1-2H3/t12-/m0/s1. The van der Waals surface area contributed by atoms with Crippen LogP contribution in [-0.2, 0) is 30.8 Å². The summed E-state index contributed by atoms with van der Waals surface area (Å²) in [6.07, 6.45) is 2.11. The van der Waals surface area contributed by atoms with Crippen molar-refractivity contribution < 1.29 is 22.7 Å². The summed E-state index contributed by atoms with van der Waals surface area (Å²) in [5, 5.41) is 11.3. The molecule has 1 atom stereocenters. The summed E-state index contributed by atoms with van der Waals surface area (Å²) in [5.74, 6) is -0.418. The van der Waals surface area contributed by atoms with Crippen molar-refractivity contribution in [2.24, 2.45) is 5.92 Å². The van der Waals surface area contributed by atoms with Gasteiger partial charge in [-0.15, -0.1) is 5.10 Å². The fourth-order valence-corrected chi connectivity index (χ4v) is 3.62. The van der Waals surface area contributed by atoms with Crippen LogP contribution in [0.2, 0.25) is 0 Å². The van der Waals surface area contributed by atoms with E-state index in [0.717, 1.165) is 6.26 Å². The number of esters is 1.